The molecule has 0 fully saturated rings. The van der Waals surface area contributed by atoms with Crippen LogP contribution in [0, 0.1) is 13.8 Å². The lowest BCUT2D eigenvalue weighted by Crippen LogP contribution is -2.41. The van der Waals surface area contributed by atoms with Gasteiger partial charge >= 0.3 is 0 Å². The molecule has 0 aliphatic rings. The van der Waals surface area contributed by atoms with Crippen molar-refractivity contribution >= 4 is 52.0 Å². The fourth-order valence-electron chi connectivity index (χ4n) is 3.18. The maximum absolute atomic E-state index is 11.3. The van der Waals surface area contributed by atoms with Gasteiger partial charge in [-0.25, -0.2) is 5.84 Å². The largest absolute Gasteiger partial charge is 0.501 e. The number of methoxy groups -OCH3 is 1. The lowest BCUT2D eigenvalue weighted by molar-refractivity contribution is -0.114. The fourth-order valence-corrected chi connectivity index (χ4v) is 4.51. The number of carbonyl (C=O) groups excluding carboxylic acids is 1. The Labute approximate surface area is 209 Å². The molecule has 2 rings (SSSR count). The van der Waals surface area contributed by atoms with Crippen molar-refractivity contribution in [3.05, 3.63) is 69.4 Å². The van der Waals surface area contributed by atoms with E-state index in [0.29, 0.717) is 22.0 Å². The molecule has 1 amide bonds. The number of rotatable bonds is 9. The summed E-state index contributed by atoms with van der Waals surface area (Å²) < 4.78 is 5.19. The number of thiophene rings is 1. The second kappa shape index (κ2) is 12.4. The van der Waals surface area contributed by atoms with Crippen LogP contribution in [0.5, 0.6) is 0 Å². The number of carbonyl (C=O) groups is 1. The lowest BCUT2D eigenvalue weighted by atomic mass is 9.99. The maximum atomic E-state index is 11.3. The van der Waals surface area contributed by atoms with E-state index in [9.17, 15) is 9.90 Å². The van der Waals surface area contributed by atoms with Crippen LogP contribution in [0.2, 0.25) is 0 Å². The molecule has 0 aliphatic heterocycles. The Morgan fingerprint density at radius 2 is 1.97 bits per heavy atom. The normalized spacial score (nSPS) is 12.7. The van der Waals surface area contributed by atoms with Crippen molar-refractivity contribution in [2.24, 2.45) is 10.8 Å². The third-order valence-corrected chi connectivity index (χ3v) is 6.53. The van der Waals surface area contributed by atoms with Crippen molar-refractivity contribution in [2.45, 2.75) is 33.8 Å². The number of amides is 1. The van der Waals surface area contributed by atoms with Crippen LogP contribution in [0.1, 0.15) is 41.5 Å². The predicted molar refractivity (Wildman–Crippen MR) is 144 cm³/mol. The summed E-state index contributed by atoms with van der Waals surface area (Å²) in [6.07, 6.45) is 2.50. The summed E-state index contributed by atoms with van der Waals surface area (Å²) in [5, 5.41) is 19.5. The Morgan fingerprint density at radius 1 is 1.32 bits per heavy atom. The van der Waals surface area contributed by atoms with Crippen molar-refractivity contribution in [1.29, 1.82) is 0 Å². The van der Waals surface area contributed by atoms with E-state index in [2.05, 4.69) is 22.3 Å². The number of benzene rings is 1. The smallest absolute Gasteiger partial charge is 0.221 e. The predicted octanol–water partition coefficient (Wildman–Crippen LogP) is 4.41. The molecule has 5 N–H and O–H groups in total. The molecule has 1 heterocycles. The highest BCUT2D eigenvalue weighted by Crippen LogP contribution is 2.39. The summed E-state index contributed by atoms with van der Waals surface area (Å²) in [5.41, 5.74) is 3.81. The summed E-state index contributed by atoms with van der Waals surface area (Å²) in [6, 6.07) is 7.07. The second-order valence-corrected chi connectivity index (χ2v) is 9.25. The van der Waals surface area contributed by atoms with Gasteiger partial charge in [0.25, 0.3) is 0 Å². The first kappa shape index (κ1) is 27.2. The molecule has 8 nitrogen and oxygen atoms in total. The van der Waals surface area contributed by atoms with E-state index in [1.54, 1.807) is 43.7 Å². The third kappa shape index (κ3) is 7.22. The monoisotopic (exact) mass is 501 g/mol. The Morgan fingerprint density at radius 3 is 2.53 bits per heavy atom. The Kier molecular flexibility index (Phi) is 9.94. The number of thiocarbonyl (C=S) groups is 1. The van der Waals surface area contributed by atoms with Crippen molar-refractivity contribution in [2.75, 3.05) is 24.3 Å². The molecule has 0 saturated heterocycles. The van der Waals surface area contributed by atoms with Gasteiger partial charge in [-0.3, -0.25) is 14.8 Å². The molecular formula is C24H31N5O3S2. The molecule has 0 saturated carbocycles. The van der Waals surface area contributed by atoms with Gasteiger partial charge < -0.3 is 20.5 Å². The number of hydrazine groups is 1. The number of aliphatic imine (C=N–C) groups is 1. The van der Waals surface area contributed by atoms with Crippen molar-refractivity contribution < 1.29 is 14.6 Å². The van der Waals surface area contributed by atoms with Gasteiger partial charge in [0.05, 0.1) is 19.4 Å². The molecule has 1 aromatic heterocycles. The molecule has 1 aromatic carbocycles. The Hall–Kier alpha value is -3.05. The van der Waals surface area contributed by atoms with Crippen LogP contribution < -0.4 is 16.5 Å². The average Bonchev–Trinajstić information content (AvgIpc) is 3.06. The van der Waals surface area contributed by atoms with Gasteiger partial charge in [-0.1, -0.05) is 12.1 Å². The number of aryl methyl sites for hydroxylation is 1. The average molecular weight is 502 g/mol. The zero-order chi connectivity index (χ0) is 25.4. The van der Waals surface area contributed by atoms with E-state index in [4.69, 9.17) is 22.8 Å². The van der Waals surface area contributed by atoms with Gasteiger partial charge in [0.15, 0.2) is 5.11 Å². The van der Waals surface area contributed by atoms with Crippen LogP contribution in [-0.4, -0.2) is 41.5 Å². The highest BCUT2D eigenvalue weighted by atomic mass is 32.1. The lowest BCUT2D eigenvalue weighted by Gasteiger charge is -2.22. The zero-order valence-corrected chi connectivity index (χ0v) is 21.6. The minimum absolute atomic E-state index is 0.154. The third-order valence-electron chi connectivity index (χ3n) is 5.05. The molecule has 0 bridgehead atoms. The van der Waals surface area contributed by atoms with Gasteiger partial charge in [0, 0.05) is 29.3 Å². The molecule has 2 aromatic rings. The highest BCUT2D eigenvalue weighted by molar-refractivity contribution is 7.80. The first-order valence-corrected chi connectivity index (χ1v) is 11.7. The second-order valence-electron chi connectivity index (χ2n) is 7.64. The SMILES string of the molecule is C=N/C=C(\C=C(/C)OC)CN(N)C(=S)Nc1sc(C)c(C)c1C(O)c1ccc(NC(C)=O)cc1. The Bertz CT molecular complexity index is 1110. The number of anilines is 2. The number of nitrogens with one attached hydrogen (secondary N) is 2. The van der Waals surface area contributed by atoms with Crippen molar-refractivity contribution in [1.82, 2.24) is 5.01 Å². The van der Waals surface area contributed by atoms with Crippen LogP contribution in [-0.2, 0) is 9.53 Å². The fraction of sp³-hybridized carbons (Fsp3) is 0.292. The molecule has 182 valence electrons. The molecule has 10 heteroatoms. The van der Waals surface area contributed by atoms with Crippen LogP contribution in [0.25, 0.3) is 0 Å². The highest BCUT2D eigenvalue weighted by Gasteiger charge is 2.23. The molecule has 0 spiro atoms. The molecule has 1 unspecified atom stereocenters. The van der Waals surface area contributed by atoms with E-state index >= 15 is 0 Å². The van der Waals surface area contributed by atoms with Crippen molar-refractivity contribution in [3.8, 4) is 0 Å². The number of ether oxygens (including phenoxy) is 1. The summed E-state index contributed by atoms with van der Waals surface area (Å²) in [7, 11) is 1.58. The maximum Gasteiger partial charge on any atom is 0.221 e. The van der Waals surface area contributed by atoms with E-state index in [1.165, 1.54) is 23.3 Å². The quantitative estimate of drug-likeness (QED) is 0.101. The van der Waals surface area contributed by atoms with Crippen LogP contribution in [0.15, 0.2) is 52.9 Å². The molecule has 1 atom stereocenters. The number of nitrogens with two attached hydrogens (primary N) is 1. The van der Waals surface area contributed by atoms with Crippen LogP contribution in [0.3, 0.4) is 0 Å². The number of hydrogen-bond acceptors (Lipinski definition) is 7. The first-order valence-electron chi connectivity index (χ1n) is 10.4. The number of hydrogen-bond donors (Lipinski definition) is 4. The Balaban J connectivity index is 2.24. The summed E-state index contributed by atoms with van der Waals surface area (Å²) in [5.74, 6) is 6.76. The van der Waals surface area contributed by atoms with Crippen molar-refractivity contribution in [3.63, 3.8) is 0 Å². The summed E-state index contributed by atoms with van der Waals surface area (Å²) in [6.45, 7) is 11.0. The molecular weight excluding hydrogens is 470 g/mol. The summed E-state index contributed by atoms with van der Waals surface area (Å²) in [4.78, 5) is 16.1. The van der Waals surface area contributed by atoms with Crippen LogP contribution >= 0.6 is 23.6 Å². The van der Waals surface area contributed by atoms with E-state index in [1.807, 2.05) is 20.8 Å². The topological polar surface area (TPSA) is 112 Å². The molecule has 0 aliphatic carbocycles. The van der Waals surface area contributed by atoms with Gasteiger partial charge in [0.2, 0.25) is 5.91 Å². The van der Waals surface area contributed by atoms with Gasteiger partial charge in [-0.15, -0.1) is 11.3 Å². The molecule has 34 heavy (non-hydrogen) atoms. The standard InChI is InChI=1S/C24H31N5O3S2/c1-14(32-6)11-18(12-26-5)13-29(25)24(33)28-23-21(15(2)16(3)34-23)22(31)19-7-9-20(10-8-19)27-17(4)30/h7-12,22,31H,5,13,25H2,1-4,6H3,(H,27,30)(H,28,33)/b14-11+,18-12+. The molecule has 0 radical (unpaired) electrons. The first-order chi connectivity index (χ1) is 16.1. The van der Waals surface area contributed by atoms with Gasteiger partial charge in [0.1, 0.15) is 11.1 Å². The number of allylic oxidation sites excluding steroid dienone is 1. The van der Waals surface area contributed by atoms with E-state index < -0.39 is 6.10 Å². The minimum Gasteiger partial charge on any atom is -0.501 e. The number of aliphatic hydroxyl groups excluding tert-OH is 1. The minimum atomic E-state index is -0.888. The van der Waals surface area contributed by atoms with E-state index in [0.717, 1.165) is 21.6 Å². The number of nitrogens with zero attached hydrogens (tertiary/aromatic N) is 2. The van der Waals surface area contributed by atoms with Gasteiger partial charge in [-0.05, 0) is 74.6 Å². The zero-order valence-electron chi connectivity index (χ0n) is 20.0. The van der Waals surface area contributed by atoms with Gasteiger partial charge in [-0.2, -0.15) is 0 Å². The van der Waals surface area contributed by atoms with Crippen LogP contribution in [0.4, 0.5) is 10.7 Å². The van der Waals surface area contributed by atoms with E-state index in [-0.39, 0.29) is 17.6 Å². The number of aliphatic hydroxyl groups is 1. The summed E-state index contributed by atoms with van der Waals surface area (Å²) >= 11 is 7.02.